The number of thioether (sulfide) groups is 1. The quantitative estimate of drug-likeness (QED) is 0.695. The van der Waals surface area contributed by atoms with Crippen molar-refractivity contribution >= 4 is 27.7 Å². The van der Waals surface area contributed by atoms with E-state index in [1.165, 1.54) is 31.0 Å². The molecule has 0 bridgehead atoms. The van der Waals surface area contributed by atoms with Crippen molar-refractivity contribution in [3.05, 3.63) is 28.7 Å². The summed E-state index contributed by atoms with van der Waals surface area (Å²) in [4.78, 5) is 1.01. The van der Waals surface area contributed by atoms with E-state index in [2.05, 4.69) is 15.9 Å². The van der Waals surface area contributed by atoms with E-state index in [0.717, 1.165) is 22.2 Å². The van der Waals surface area contributed by atoms with Crippen molar-refractivity contribution in [2.75, 3.05) is 5.70 Å². The van der Waals surface area contributed by atoms with Crippen LogP contribution in [0.1, 0.15) is 34.8 Å². The summed E-state index contributed by atoms with van der Waals surface area (Å²) in [6.45, 7) is 0. The summed E-state index contributed by atoms with van der Waals surface area (Å²) in [5, 5.41) is 0. The van der Waals surface area contributed by atoms with E-state index in [4.69, 9.17) is 2.74 Å². The number of rotatable bonds is 3. The predicted octanol–water partition coefficient (Wildman–Crippen LogP) is 5.12. The molecule has 0 nitrogen and oxygen atoms in total. The van der Waals surface area contributed by atoms with E-state index in [0.29, 0.717) is 0 Å². The van der Waals surface area contributed by atoms with Crippen molar-refractivity contribution in [1.82, 2.24) is 0 Å². The van der Waals surface area contributed by atoms with E-state index >= 15 is 0 Å². The molecule has 1 aromatic carbocycles. The van der Waals surface area contributed by atoms with E-state index < -0.39 is 5.70 Å². The Bertz CT molecular complexity index is 375. The van der Waals surface area contributed by atoms with Crippen molar-refractivity contribution in [2.24, 2.45) is 5.92 Å². The average molecular weight is 287 g/mol. The van der Waals surface area contributed by atoms with Gasteiger partial charge in [-0.15, -0.1) is 11.8 Å². The third-order valence-electron chi connectivity index (χ3n) is 2.74. The zero-order valence-corrected chi connectivity index (χ0v) is 11.1. The zero-order chi connectivity index (χ0) is 12.3. The third kappa shape index (κ3) is 3.84. The van der Waals surface area contributed by atoms with Crippen LogP contribution >= 0.6 is 27.7 Å². The number of halogens is 1. The maximum atomic E-state index is 8.24. The molecule has 82 valence electrons. The molecule has 2 rings (SSSR count). The molecule has 2 heteroatoms. The van der Waals surface area contributed by atoms with Gasteiger partial charge in [0.2, 0.25) is 0 Å². The van der Waals surface area contributed by atoms with Gasteiger partial charge in [0.25, 0.3) is 0 Å². The Morgan fingerprint density at radius 2 is 2.13 bits per heavy atom. The van der Waals surface area contributed by atoms with Crippen LogP contribution in [0.25, 0.3) is 0 Å². The molecular weight excluding hydrogens is 268 g/mol. The van der Waals surface area contributed by atoms with E-state index in [9.17, 15) is 0 Å². The van der Waals surface area contributed by atoms with Gasteiger partial charge in [0, 0.05) is 17.8 Å². The summed E-state index contributed by atoms with van der Waals surface area (Å²) < 4.78 is 17.5. The van der Waals surface area contributed by atoms with E-state index in [-0.39, 0.29) is 5.92 Å². The molecule has 0 spiro atoms. The van der Waals surface area contributed by atoms with Crippen LogP contribution in [-0.2, 0) is 0 Å². The molecule has 0 unspecified atom stereocenters. The van der Waals surface area contributed by atoms with Gasteiger partial charge in [0.1, 0.15) is 0 Å². The maximum Gasteiger partial charge on any atom is 0.0387 e. The lowest BCUT2D eigenvalue weighted by molar-refractivity contribution is 0.391. The first-order valence-corrected chi connectivity index (χ1v) is 7.13. The molecule has 1 aliphatic rings. The summed E-state index contributed by atoms with van der Waals surface area (Å²) in [6, 6.07) is 7.91. The minimum absolute atomic E-state index is 0.209. The van der Waals surface area contributed by atoms with Crippen LogP contribution in [0.2, 0.25) is 0 Å². The van der Waals surface area contributed by atoms with Gasteiger partial charge in [0.05, 0.1) is 0 Å². The first-order chi connectivity index (χ1) is 8.08. The highest BCUT2D eigenvalue weighted by Crippen LogP contribution is 2.30. The average Bonchev–Trinajstić information content (AvgIpc) is 2.29. The minimum Gasteiger partial charge on any atom is -0.126 e. The monoisotopic (exact) mass is 286 g/mol. The molecule has 0 saturated heterocycles. The fourth-order valence-corrected chi connectivity index (χ4v) is 3.32. The van der Waals surface area contributed by atoms with Gasteiger partial charge in [-0.2, -0.15) is 0 Å². The summed E-state index contributed by atoms with van der Waals surface area (Å²) in [6.07, 6.45) is 5.71. The first kappa shape index (κ1) is 9.12. The van der Waals surface area contributed by atoms with Gasteiger partial charge in [-0.1, -0.05) is 41.3 Å². The smallest absolute Gasteiger partial charge is 0.0387 e. The fraction of sp³-hybridized carbons (Fsp3) is 0.538. The highest BCUT2D eigenvalue weighted by atomic mass is 79.9. The molecule has 0 amide bonds. The van der Waals surface area contributed by atoms with Crippen LogP contribution in [0.5, 0.6) is 0 Å². The van der Waals surface area contributed by atoms with Crippen molar-refractivity contribution in [3.8, 4) is 0 Å². The molecule has 1 saturated carbocycles. The van der Waals surface area contributed by atoms with Crippen LogP contribution in [-0.4, -0.2) is 5.70 Å². The van der Waals surface area contributed by atoms with Crippen LogP contribution < -0.4 is 0 Å². The third-order valence-corrected chi connectivity index (χ3v) is 4.18. The van der Waals surface area contributed by atoms with Crippen molar-refractivity contribution in [1.29, 1.82) is 0 Å². The van der Waals surface area contributed by atoms with Gasteiger partial charge in [-0.3, -0.25) is 0 Å². The lowest BCUT2D eigenvalue weighted by Gasteiger charge is -2.20. The van der Waals surface area contributed by atoms with Crippen molar-refractivity contribution in [3.63, 3.8) is 0 Å². The van der Waals surface area contributed by atoms with Gasteiger partial charge >= 0.3 is 0 Å². The Morgan fingerprint density at radius 1 is 1.33 bits per heavy atom. The van der Waals surface area contributed by atoms with Gasteiger partial charge < -0.3 is 0 Å². The van der Waals surface area contributed by atoms with Gasteiger partial charge in [-0.25, -0.2) is 0 Å². The molecule has 1 aliphatic carbocycles. The van der Waals surface area contributed by atoms with Gasteiger partial charge in [0.15, 0.2) is 0 Å². The normalized spacial score (nSPS) is 20.9. The number of hydrogen-bond donors (Lipinski definition) is 0. The second kappa shape index (κ2) is 5.95. The second-order valence-corrected chi connectivity index (χ2v) is 5.84. The highest BCUT2D eigenvalue weighted by molar-refractivity contribution is 9.10. The summed E-state index contributed by atoms with van der Waals surface area (Å²) in [5.74, 6) is 0.209. The lowest BCUT2D eigenvalue weighted by Crippen LogP contribution is -2.08. The lowest BCUT2D eigenvalue weighted by atomic mass is 9.91. The molecule has 0 N–H and O–H groups in total. The SMILES string of the molecule is [2H]C([2H])(Sc1cccc(Br)c1)C1CCCCC1. The van der Waals surface area contributed by atoms with Crippen LogP contribution in [0.4, 0.5) is 0 Å². The molecule has 0 aliphatic heterocycles. The predicted molar refractivity (Wildman–Crippen MR) is 71.4 cm³/mol. The van der Waals surface area contributed by atoms with Crippen molar-refractivity contribution < 1.29 is 2.74 Å². The molecule has 0 radical (unpaired) electrons. The van der Waals surface area contributed by atoms with Crippen LogP contribution in [0.15, 0.2) is 33.6 Å². The Labute approximate surface area is 108 Å². The van der Waals surface area contributed by atoms with E-state index in [1.807, 2.05) is 24.3 Å². The summed E-state index contributed by atoms with van der Waals surface area (Å²) in [5.41, 5.74) is -1.14. The number of hydrogen-bond acceptors (Lipinski definition) is 1. The zero-order valence-electron chi connectivity index (χ0n) is 10.7. The van der Waals surface area contributed by atoms with E-state index in [1.54, 1.807) is 0 Å². The number of benzene rings is 1. The van der Waals surface area contributed by atoms with Gasteiger partial charge in [-0.05, 0) is 37.0 Å². The molecular formula is C13H17BrS. The Balaban J connectivity index is 2.05. The summed E-state index contributed by atoms with van der Waals surface area (Å²) in [7, 11) is 0. The highest BCUT2D eigenvalue weighted by Gasteiger charge is 2.13. The Morgan fingerprint density at radius 3 is 2.87 bits per heavy atom. The summed E-state index contributed by atoms with van der Waals surface area (Å²) >= 11 is 4.80. The molecule has 0 atom stereocenters. The topological polar surface area (TPSA) is 0 Å². The molecule has 0 aromatic heterocycles. The Hall–Kier alpha value is 0.0500. The second-order valence-electron chi connectivity index (χ2n) is 4.01. The maximum absolute atomic E-state index is 8.24. The molecule has 15 heavy (non-hydrogen) atoms. The fourth-order valence-electron chi connectivity index (χ4n) is 1.90. The largest absolute Gasteiger partial charge is 0.126 e. The minimum atomic E-state index is -1.14. The first-order valence-electron chi connectivity index (χ1n) is 6.52. The molecule has 0 heterocycles. The van der Waals surface area contributed by atoms with Crippen LogP contribution in [0, 0.1) is 5.92 Å². The molecule has 1 fully saturated rings. The standard InChI is InChI=1S/C13H17BrS/c14-12-7-4-8-13(9-12)15-10-11-5-2-1-3-6-11/h4,7-9,11H,1-3,5-6,10H2/i10D2. The molecule has 1 aromatic rings. The van der Waals surface area contributed by atoms with Crippen LogP contribution in [0.3, 0.4) is 0 Å². The Kier molecular flexibility index (Phi) is 3.62. The van der Waals surface area contributed by atoms with Crippen molar-refractivity contribution in [2.45, 2.75) is 37.0 Å².